The fourth-order valence-electron chi connectivity index (χ4n) is 2.96. The molecular formula is C16H16F2N4OS. The van der Waals surface area contributed by atoms with E-state index in [1.54, 1.807) is 0 Å². The van der Waals surface area contributed by atoms with Gasteiger partial charge >= 0.3 is 6.03 Å². The van der Waals surface area contributed by atoms with Crippen LogP contribution in [0, 0.1) is 28.9 Å². The Bertz CT molecular complexity index is 732. The molecule has 1 aromatic carbocycles. The Hall–Kier alpha value is -2.14. The van der Waals surface area contributed by atoms with E-state index in [2.05, 4.69) is 21.7 Å². The lowest BCUT2D eigenvalue weighted by Crippen LogP contribution is -2.45. The van der Waals surface area contributed by atoms with E-state index in [0.29, 0.717) is 17.7 Å². The summed E-state index contributed by atoms with van der Waals surface area (Å²) in [5.41, 5.74) is 0.528. The molecule has 24 heavy (non-hydrogen) atoms. The van der Waals surface area contributed by atoms with Crippen molar-refractivity contribution in [2.75, 3.05) is 0 Å². The van der Waals surface area contributed by atoms with Gasteiger partial charge in [-0.05, 0) is 30.9 Å². The molecule has 126 valence electrons. The first-order valence-corrected chi connectivity index (χ1v) is 8.70. The monoisotopic (exact) mass is 350 g/mol. The first kappa shape index (κ1) is 16.7. The molecule has 0 bridgehead atoms. The van der Waals surface area contributed by atoms with Gasteiger partial charge in [-0.2, -0.15) is 5.26 Å². The van der Waals surface area contributed by atoms with Crippen LogP contribution < -0.4 is 10.6 Å². The maximum absolute atomic E-state index is 13.8. The van der Waals surface area contributed by atoms with E-state index in [0.717, 1.165) is 25.3 Å². The number of nitrogens with zero attached hydrogens (tertiary/aromatic N) is 2. The summed E-state index contributed by atoms with van der Waals surface area (Å²) in [5, 5.41) is 14.7. The molecule has 1 aliphatic carbocycles. The van der Waals surface area contributed by atoms with Crippen LogP contribution in [0.25, 0.3) is 0 Å². The molecule has 8 heteroatoms. The average Bonchev–Trinajstić information content (AvgIpc) is 2.55. The number of hydrogen-bond acceptors (Lipinski definition) is 4. The van der Waals surface area contributed by atoms with Crippen LogP contribution in [0.4, 0.5) is 19.3 Å². The minimum atomic E-state index is -0.742. The molecule has 0 spiro atoms. The summed E-state index contributed by atoms with van der Waals surface area (Å²) in [5.74, 6) is -1.07. The number of halogens is 2. The number of rotatable bonds is 1. The lowest BCUT2D eigenvalue weighted by atomic mass is 9.87. The highest BCUT2D eigenvalue weighted by molar-refractivity contribution is 8.13. The predicted molar refractivity (Wildman–Crippen MR) is 87.8 cm³/mol. The standard InChI is InChI=1S/C16H16F2N4OS/c17-11-5-10-8-24-16(21-14(10)13(18)6-11)22-15(23)20-12-3-1-2-9(4-12)7-19/h5-6,9,12H,1-4,8H2,(H2,20,21,22,23)/t9?,12-/m0/s1. The lowest BCUT2D eigenvalue weighted by molar-refractivity contribution is 0.234. The summed E-state index contributed by atoms with van der Waals surface area (Å²) < 4.78 is 27.0. The maximum Gasteiger partial charge on any atom is 0.321 e. The summed E-state index contributed by atoms with van der Waals surface area (Å²) in [4.78, 5) is 16.1. The molecule has 5 nitrogen and oxygen atoms in total. The number of amides is 2. The van der Waals surface area contributed by atoms with Crippen molar-refractivity contribution in [2.45, 2.75) is 37.5 Å². The molecule has 2 amide bonds. The fourth-order valence-corrected chi connectivity index (χ4v) is 3.79. The molecule has 1 aromatic rings. The van der Waals surface area contributed by atoms with Crippen molar-refractivity contribution in [2.24, 2.45) is 10.9 Å². The molecule has 1 heterocycles. The second kappa shape index (κ2) is 7.18. The van der Waals surface area contributed by atoms with Gasteiger partial charge in [0.15, 0.2) is 11.0 Å². The highest BCUT2D eigenvalue weighted by atomic mass is 32.2. The molecule has 1 saturated carbocycles. The van der Waals surface area contributed by atoms with E-state index >= 15 is 0 Å². The third-order valence-corrected chi connectivity index (χ3v) is 5.02. The van der Waals surface area contributed by atoms with Crippen molar-refractivity contribution in [1.82, 2.24) is 10.6 Å². The molecule has 0 radical (unpaired) electrons. The van der Waals surface area contributed by atoms with Crippen molar-refractivity contribution in [3.8, 4) is 6.07 Å². The average molecular weight is 350 g/mol. The van der Waals surface area contributed by atoms with Crippen LogP contribution in [0.2, 0.25) is 0 Å². The smallest absolute Gasteiger partial charge is 0.321 e. The number of carbonyl (C=O) groups excluding carboxylic acids is 1. The molecule has 1 fully saturated rings. The van der Waals surface area contributed by atoms with Crippen LogP contribution in [0.15, 0.2) is 17.1 Å². The Kier molecular flexibility index (Phi) is 5.00. The molecule has 0 saturated heterocycles. The van der Waals surface area contributed by atoms with Gasteiger partial charge in [-0.3, -0.25) is 5.32 Å². The zero-order valence-corrected chi connectivity index (χ0v) is 13.6. The number of benzene rings is 1. The molecule has 2 atom stereocenters. The third-order valence-electron chi connectivity index (χ3n) is 4.10. The van der Waals surface area contributed by atoms with Gasteiger partial charge in [-0.15, -0.1) is 0 Å². The lowest BCUT2D eigenvalue weighted by Gasteiger charge is -2.26. The van der Waals surface area contributed by atoms with Gasteiger partial charge in [0.05, 0.1) is 6.07 Å². The highest BCUT2D eigenvalue weighted by Crippen LogP contribution is 2.33. The van der Waals surface area contributed by atoms with Crippen LogP contribution in [-0.4, -0.2) is 17.2 Å². The number of carbonyl (C=O) groups is 1. The van der Waals surface area contributed by atoms with Gasteiger partial charge in [0.25, 0.3) is 0 Å². The van der Waals surface area contributed by atoms with E-state index < -0.39 is 17.7 Å². The fraction of sp³-hybridized carbons (Fsp3) is 0.438. The van der Waals surface area contributed by atoms with Gasteiger partial charge in [-0.25, -0.2) is 18.6 Å². The zero-order valence-electron chi connectivity index (χ0n) is 12.8. The number of urea groups is 1. The summed E-state index contributed by atoms with van der Waals surface area (Å²) >= 11 is 1.21. The van der Waals surface area contributed by atoms with Crippen molar-refractivity contribution in [3.05, 3.63) is 29.3 Å². The van der Waals surface area contributed by atoms with Gasteiger partial charge in [0.1, 0.15) is 11.5 Å². The number of thioether (sulfide) groups is 1. The van der Waals surface area contributed by atoms with Crippen molar-refractivity contribution >= 4 is 28.6 Å². The number of fused-ring (bicyclic) bond motifs is 1. The first-order chi connectivity index (χ1) is 11.5. The number of hydrogen-bond donors (Lipinski definition) is 2. The largest absolute Gasteiger partial charge is 0.335 e. The minimum Gasteiger partial charge on any atom is -0.335 e. The Balaban J connectivity index is 1.63. The molecule has 2 N–H and O–H groups in total. The number of nitriles is 1. The summed E-state index contributed by atoms with van der Waals surface area (Å²) in [6.45, 7) is 0. The number of amidine groups is 1. The third kappa shape index (κ3) is 3.85. The second-order valence-electron chi connectivity index (χ2n) is 5.89. The van der Waals surface area contributed by atoms with Gasteiger partial charge in [-0.1, -0.05) is 18.2 Å². The van der Waals surface area contributed by atoms with E-state index in [1.807, 2.05) is 0 Å². The Morgan fingerprint density at radius 2 is 2.21 bits per heavy atom. The van der Waals surface area contributed by atoms with Gasteiger partial charge in [0, 0.05) is 23.8 Å². The van der Waals surface area contributed by atoms with E-state index in [4.69, 9.17) is 5.26 Å². The highest BCUT2D eigenvalue weighted by Gasteiger charge is 2.24. The van der Waals surface area contributed by atoms with Gasteiger partial charge < -0.3 is 5.32 Å². The maximum atomic E-state index is 13.8. The Morgan fingerprint density at radius 3 is 3.00 bits per heavy atom. The number of nitrogens with one attached hydrogen (secondary N) is 2. The van der Waals surface area contributed by atoms with Crippen LogP contribution >= 0.6 is 11.8 Å². The second-order valence-corrected chi connectivity index (χ2v) is 6.85. The number of aliphatic imine (C=N–C) groups is 1. The Labute approximate surface area is 142 Å². The van der Waals surface area contributed by atoms with Crippen LogP contribution in [0.3, 0.4) is 0 Å². The summed E-state index contributed by atoms with van der Waals surface area (Å²) in [6.07, 6.45) is 3.25. The topological polar surface area (TPSA) is 77.3 Å². The van der Waals surface area contributed by atoms with Crippen molar-refractivity contribution < 1.29 is 13.6 Å². The molecule has 1 aliphatic heterocycles. The molecule has 2 aliphatic rings. The molecule has 1 unspecified atom stereocenters. The summed E-state index contributed by atoms with van der Waals surface area (Å²) in [7, 11) is 0. The van der Waals surface area contributed by atoms with Crippen molar-refractivity contribution in [3.63, 3.8) is 0 Å². The van der Waals surface area contributed by atoms with E-state index in [1.165, 1.54) is 17.8 Å². The normalized spacial score (nSPS) is 22.8. The summed E-state index contributed by atoms with van der Waals surface area (Å²) in [6, 6.07) is 3.80. The predicted octanol–water partition coefficient (Wildman–Crippen LogP) is 3.58. The molecule has 0 aromatic heterocycles. The Morgan fingerprint density at radius 1 is 1.38 bits per heavy atom. The SMILES string of the molecule is N#CC1CCC[C@H](NC(=O)NC2=Nc3c(F)cc(F)cc3CS2)C1. The molecular weight excluding hydrogens is 334 g/mol. The quantitative estimate of drug-likeness (QED) is 0.813. The first-order valence-electron chi connectivity index (χ1n) is 7.71. The van der Waals surface area contributed by atoms with E-state index in [-0.39, 0.29) is 22.8 Å². The van der Waals surface area contributed by atoms with Crippen LogP contribution in [0.1, 0.15) is 31.2 Å². The minimum absolute atomic E-state index is 0.0266. The van der Waals surface area contributed by atoms with Crippen LogP contribution in [-0.2, 0) is 5.75 Å². The van der Waals surface area contributed by atoms with Gasteiger partial charge in [0.2, 0.25) is 0 Å². The van der Waals surface area contributed by atoms with Crippen LogP contribution in [0.5, 0.6) is 0 Å². The zero-order chi connectivity index (χ0) is 17.1. The van der Waals surface area contributed by atoms with E-state index in [9.17, 15) is 13.6 Å². The van der Waals surface area contributed by atoms with Crippen molar-refractivity contribution in [1.29, 1.82) is 5.26 Å². The molecule has 3 rings (SSSR count).